The molecule has 0 atom stereocenters. The molecule has 1 aromatic heterocycles. The number of aryl methyl sites for hydroxylation is 1. The number of nitrogens with two attached hydrogens (primary N) is 1. The van der Waals surface area contributed by atoms with E-state index < -0.39 is 0 Å². The molecule has 1 aromatic carbocycles. The standard InChI is InChI=1S/C13H13FN2S/c1-9-3-2-6-16-12(9)8-17-13-7-10(14)4-5-11(13)15/h2-7H,8,15H2,1H3. The number of rotatable bonds is 3. The van der Waals surface area contributed by atoms with E-state index in [2.05, 4.69) is 4.98 Å². The van der Waals surface area contributed by atoms with E-state index in [4.69, 9.17) is 5.73 Å². The lowest BCUT2D eigenvalue weighted by Crippen LogP contribution is -1.93. The van der Waals surface area contributed by atoms with Crippen molar-refractivity contribution in [3.63, 3.8) is 0 Å². The van der Waals surface area contributed by atoms with Gasteiger partial charge in [0.15, 0.2) is 0 Å². The smallest absolute Gasteiger partial charge is 0.124 e. The lowest BCUT2D eigenvalue weighted by atomic mass is 10.2. The molecule has 0 saturated heterocycles. The summed E-state index contributed by atoms with van der Waals surface area (Å²) in [5, 5.41) is 0. The fraction of sp³-hybridized carbons (Fsp3) is 0.154. The van der Waals surface area contributed by atoms with Gasteiger partial charge in [-0.15, -0.1) is 11.8 Å². The van der Waals surface area contributed by atoms with Gasteiger partial charge in [0.1, 0.15) is 5.82 Å². The molecule has 0 aliphatic heterocycles. The maximum absolute atomic E-state index is 13.1. The van der Waals surface area contributed by atoms with Crippen LogP contribution in [0.4, 0.5) is 10.1 Å². The molecule has 0 radical (unpaired) electrons. The highest BCUT2D eigenvalue weighted by Gasteiger charge is 2.04. The van der Waals surface area contributed by atoms with E-state index in [0.717, 1.165) is 16.2 Å². The number of pyridine rings is 1. The van der Waals surface area contributed by atoms with E-state index >= 15 is 0 Å². The van der Waals surface area contributed by atoms with Crippen LogP contribution in [0.15, 0.2) is 41.4 Å². The third-order valence-electron chi connectivity index (χ3n) is 2.46. The number of thioether (sulfide) groups is 1. The number of nitrogens with zero attached hydrogens (tertiary/aromatic N) is 1. The highest BCUT2D eigenvalue weighted by molar-refractivity contribution is 7.98. The first kappa shape index (κ1) is 11.9. The molecule has 0 spiro atoms. The minimum absolute atomic E-state index is 0.264. The Bertz CT molecular complexity index is 529. The number of hydrogen-bond donors (Lipinski definition) is 1. The molecule has 1 heterocycles. The zero-order valence-electron chi connectivity index (χ0n) is 9.48. The molecule has 0 saturated carbocycles. The summed E-state index contributed by atoms with van der Waals surface area (Å²) in [5.74, 6) is 0.430. The monoisotopic (exact) mass is 248 g/mol. The molecule has 88 valence electrons. The van der Waals surface area contributed by atoms with Gasteiger partial charge in [0.05, 0.1) is 5.69 Å². The summed E-state index contributed by atoms with van der Waals surface area (Å²) in [6.45, 7) is 2.01. The summed E-state index contributed by atoms with van der Waals surface area (Å²) < 4.78 is 13.1. The Labute approximate surface area is 104 Å². The molecule has 2 aromatic rings. The molecule has 17 heavy (non-hydrogen) atoms. The Balaban J connectivity index is 2.12. The van der Waals surface area contributed by atoms with E-state index in [1.54, 1.807) is 12.3 Å². The molecule has 0 aliphatic carbocycles. The van der Waals surface area contributed by atoms with Gasteiger partial charge in [0.25, 0.3) is 0 Å². The van der Waals surface area contributed by atoms with Crippen LogP contribution < -0.4 is 5.73 Å². The maximum atomic E-state index is 13.1. The van der Waals surface area contributed by atoms with Crippen molar-refractivity contribution in [2.24, 2.45) is 0 Å². The van der Waals surface area contributed by atoms with Gasteiger partial charge in [-0.1, -0.05) is 6.07 Å². The minimum Gasteiger partial charge on any atom is -0.398 e. The van der Waals surface area contributed by atoms with Gasteiger partial charge in [-0.05, 0) is 36.8 Å². The molecule has 4 heteroatoms. The van der Waals surface area contributed by atoms with Crippen LogP contribution in [0.25, 0.3) is 0 Å². The first-order valence-electron chi connectivity index (χ1n) is 5.25. The SMILES string of the molecule is Cc1cccnc1CSc1cc(F)ccc1N. The number of nitrogen functional groups attached to an aromatic ring is 1. The Morgan fingerprint density at radius 3 is 2.94 bits per heavy atom. The zero-order chi connectivity index (χ0) is 12.3. The average Bonchev–Trinajstić information content (AvgIpc) is 2.32. The van der Waals surface area contributed by atoms with E-state index in [-0.39, 0.29) is 5.82 Å². The van der Waals surface area contributed by atoms with Crippen molar-refractivity contribution in [3.05, 3.63) is 53.6 Å². The number of halogens is 1. The van der Waals surface area contributed by atoms with Crippen molar-refractivity contribution in [2.45, 2.75) is 17.6 Å². The summed E-state index contributed by atoms with van der Waals surface area (Å²) in [7, 11) is 0. The molecule has 0 amide bonds. The highest BCUT2D eigenvalue weighted by atomic mass is 32.2. The van der Waals surface area contributed by atoms with E-state index in [1.807, 2.05) is 19.1 Å². The predicted octanol–water partition coefficient (Wildman–Crippen LogP) is 3.40. The van der Waals surface area contributed by atoms with Crippen LogP contribution in [0, 0.1) is 12.7 Å². The van der Waals surface area contributed by atoms with Gasteiger partial charge >= 0.3 is 0 Å². The lowest BCUT2D eigenvalue weighted by Gasteiger charge is -2.06. The van der Waals surface area contributed by atoms with Crippen LogP contribution in [0.2, 0.25) is 0 Å². The summed E-state index contributed by atoms with van der Waals surface area (Å²) in [6.07, 6.45) is 1.76. The van der Waals surface area contributed by atoms with Crippen molar-refractivity contribution in [1.82, 2.24) is 4.98 Å². The molecule has 2 N–H and O–H groups in total. The fourth-order valence-electron chi connectivity index (χ4n) is 1.45. The van der Waals surface area contributed by atoms with Crippen molar-refractivity contribution in [3.8, 4) is 0 Å². The Hall–Kier alpha value is -1.55. The Morgan fingerprint density at radius 1 is 1.35 bits per heavy atom. The van der Waals surface area contributed by atoms with E-state index in [9.17, 15) is 4.39 Å². The van der Waals surface area contributed by atoms with Crippen LogP contribution in [0.3, 0.4) is 0 Å². The lowest BCUT2D eigenvalue weighted by molar-refractivity contribution is 0.624. The first-order valence-corrected chi connectivity index (χ1v) is 6.23. The number of aromatic nitrogens is 1. The highest BCUT2D eigenvalue weighted by Crippen LogP contribution is 2.28. The molecule has 0 bridgehead atoms. The maximum Gasteiger partial charge on any atom is 0.124 e. The first-order chi connectivity index (χ1) is 8.16. The van der Waals surface area contributed by atoms with Gasteiger partial charge in [-0.25, -0.2) is 4.39 Å². The van der Waals surface area contributed by atoms with Crippen molar-refractivity contribution in [1.29, 1.82) is 0 Å². The molecular weight excluding hydrogens is 235 g/mol. The molecule has 0 fully saturated rings. The Morgan fingerprint density at radius 2 is 2.18 bits per heavy atom. The number of benzene rings is 1. The normalized spacial score (nSPS) is 10.5. The van der Waals surface area contributed by atoms with Crippen LogP contribution in [-0.4, -0.2) is 4.98 Å². The van der Waals surface area contributed by atoms with Gasteiger partial charge in [-0.3, -0.25) is 4.98 Å². The second-order valence-electron chi connectivity index (χ2n) is 3.74. The van der Waals surface area contributed by atoms with Crippen LogP contribution in [0.1, 0.15) is 11.3 Å². The summed E-state index contributed by atoms with van der Waals surface area (Å²) in [5.41, 5.74) is 8.52. The summed E-state index contributed by atoms with van der Waals surface area (Å²) in [4.78, 5) is 5.05. The van der Waals surface area contributed by atoms with Gasteiger partial charge in [-0.2, -0.15) is 0 Å². The third kappa shape index (κ3) is 2.97. The Kier molecular flexibility index (Phi) is 3.64. The molecule has 2 nitrogen and oxygen atoms in total. The van der Waals surface area contributed by atoms with Gasteiger partial charge in [0, 0.05) is 22.5 Å². The predicted molar refractivity (Wildman–Crippen MR) is 69.3 cm³/mol. The van der Waals surface area contributed by atoms with E-state index in [0.29, 0.717) is 11.4 Å². The largest absolute Gasteiger partial charge is 0.398 e. The fourth-order valence-corrected chi connectivity index (χ4v) is 2.47. The molecule has 0 aliphatic rings. The van der Waals surface area contributed by atoms with Crippen molar-refractivity contribution in [2.75, 3.05) is 5.73 Å². The van der Waals surface area contributed by atoms with Crippen molar-refractivity contribution >= 4 is 17.4 Å². The van der Waals surface area contributed by atoms with E-state index in [1.165, 1.54) is 23.9 Å². The average molecular weight is 248 g/mol. The van der Waals surface area contributed by atoms with Crippen LogP contribution >= 0.6 is 11.8 Å². The molecular formula is C13H13FN2S. The topological polar surface area (TPSA) is 38.9 Å². The van der Waals surface area contributed by atoms with Gasteiger partial charge in [0.2, 0.25) is 0 Å². The molecule has 0 unspecified atom stereocenters. The third-order valence-corrected chi connectivity index (χ3v) is 3.54. The number of anilines is 1. The summed E-state index contributed by atoms with van der Waals surface area (Å²) >= 11 is 1.50. The van der Waals surface area contributed by atoms with Crippen LogP contribution in [0.5, 0.6) is 0 Å². The minimum atomic E-state index is -0.264. The molecule has 2 rings (SSSR count). The number of hydrogen-bond acceptors (Lipinski definition) is 3. The summed E-state index contributed by atoms with van der Waals surface area (Å²) in [6, 6.07) is 8.32. The van der Waals surface area contributed by atoms with Gasteiger partial charge < -0.3 is 5.73 Å². The second kappa shape index (κ2) is 5.19. The second-order valence-corrected chi connectivity index (χ2v) is 4.75. The van der Waals surface area contributed by atoms with Crippen LogP contribution in [-0.2, 0) is 5.75 Å². The zero-order valence-corrected chi connectivity index (χ0v) is 10.3. The van der Waals surface area contributed by atoms with Crippen molar-refractivity contribution < 1.29 is 4.39 Å². The quantitative estimate of drug-likeness (QED) is 0.668.